The number of fused-ring (bicyclic) bond motifs is 1. The molecule has 0 radical (unpaired) electrons. The molecular formula is C12H14N4O2. The van der Waals surface area contributed by atoms with Gasteiger partial charge in [-0.25, -0.2) is 9.97 Å². The predicted octanol–water partition coefficient (Wildman–Crippen LogP) is 2.67. The van der Waals surface area contributed by atoms with Gasteiger partial charge in [-0.1, -0.05) is 6.07 Å². The molecule has 6 heteroatoms. The number of aromatic nitrogens is 2. The SMILES string of the molecule is Cc1nc(NC(C)C)c2cccc([N+](=O)[O-])c2n1. The second kappa shape index (κ2) is 4.56. The number of anilines is 1. The molecular weight excluding hydrogens is 232 g/mol. The Morgan fingerprint density at radius 3 is 2.67 bits per heavy atom. The van der Waals surface area contributed by atoms with Gasteiger partial charge in [-0.2, -0.15) is 0 Å². The number of rotatable bonds is 3. The van der Waals surface area contributed by atoms with E-state index in [4.69, 9.17) is 0 Å². The lowest BCUT2D eigenvalue weighted by Crippen LogP contribution is -2.12. The number of nitrogens with one attached hydrogen (secondary N) is 1. The van der Waals surface area contributed by atoms with Crippen LogP contribution < -0.4 is 5.32 Å². The Hall–Kier alpha value is -2.24. The first-order chi connectivity index (χ1) is 8.49. The van der Waals surface area contributed by atoms with Crippen molar-refractivity contribution in [3.63, 3.8) is 0 Å². The molecule has 0 aliphatic rings. The minimum Gasteiger partial charge on any atom is -0.367 e. The van der Waals surface area contributed by atoms with Crippen LogP contribution in [0.2, 0.25) is 0 Å². The van der Waals surface area contributed by atoms with Crippen molar-refractivity contribution in [2.45, 2.75) is 26.8 Å². The van der Waals surface area contributed by atoms with Gasteiger partial charge >= 0.3 is 0 Å². The highest BCUT2D eigenvalue weighted by Crippen LogP contribution is 2.28. The maximum absolute atomic E-state index is 11.0. The Kier molecular flexibility index (Phi) is 3.10. The number of hydrogen-bond acceptors (Lipinski definition) is 5. The number of para-hydroxylation sites is 1. The maximum atomic E-state index is 11.0. The number of benzene rings is 1. The fourth-order valence-electron chi connectivity index (χ4n) is 1.78. The van der Waals surface area contributed by atoms with Crippen molar-refractivity contribution in [1.82, 2.24) is 9.97 Å². The summed E-state index contributed by atoms with van der Waals surface area (Å²) in [5.41, 5.74) is 0.378. The van der Waals surface area contributed by atoms with Crippen LogP contribution in [-0.4, -0.2) is 20.9 Å². The van der Waals surface area contributed by atoms with E-state index in [1.807, 2.05) is 13.8 Å². The molecule has 0 atom stereocenters. The molecule has 2 aromatic rings. The summed E-state index contributed by atoms with van der Waals surface area (Å²) in [6.07, 6.45) is 0. The van der Waals surface area contributed by atoms with E-state index >= 15 is 0 Å². The van der Waals surface area contributed by atoms with Crippen LogP contribution in [0.3, 0.4) is 0 Å². The summed E-state index contributed by atoms with van der Waals surface area (Å²) in [6, 6.07) is 5.08. The van der Waals surface area contributed by atoms with Crippen LogP contribution in [0.5, 0.6) is 0 Å². The first-order valence-corrected chi connectivity index (χ1v) is 5.67. The molecule has 2 rings (SSSR count). The van der Waals surface area contributed by atoms with Gasteiger partial charge in [0.1, 0.15) is 11.6 Å². The average molecular weight is 246 g/mol. The molecule has 0 amide bonds. The smallest absolute Gasteiger partial charge is 0.295 e. The van der Waals surface area contributed by atoms with Gasteiger partial charge < -0.3 is 5.32 Å². The lowest BCUT2D eigenvalue weighted by Gasteiger charge is -2.12. The summed E-state index contributed by atoms with van der Waals surface area (Å²) in [5, 5.41) is 14.8. The molecule has 0 unspecified atom stereocenters. The Bertz CT molecular complexity index is 610. The first kappa shape index (κ1) is 12.2. The number of non-ortho nitro benzene ring substituents is 1. The highest BCUT2D eigenvalue weighted by Gasteiger charge is 2.16. The minimum atomic E-state index is -0.423. The summed E-state index contributed by atoms with van der Waals surface area (Å²) < 4.78 is 0. The molecule has 0 bridgehead atoms. The van der Waals surface area contributed by atoms with Crippen molar-refractivity contribution < 1.29 is 4.92 Å². The number of nitrogens with zero attached hydrogens (tertiary/aromatic N) is 3. The molecule has 0 aliphatic carbocycles. The molecule has 94 valence electrons. The second-order valence-electron chi connectivity index (χ2n) is 4.35. The molecule has 0 fully saturated rings. The van der Waals surface area contributed by atoms with Gasteiger partial charge in [0.05, 0.1) is 4.92 Å². The highest BCUT2D eigenvalue weighted by molar-refractivity contribution is 5.94. The van der Waals surface area contributed by atoms with Crippen LogP contribution in [0.4, 0.5) is 11.5 Å². The third kappa shape index (κ3) is 2.22. The molecule has 1 aromatic heterocycles. The van der Waals surface area contributed by atoms with Gasteiger partial charge in [0.15, 0.2) is 5.52 Å². The Labute approximate surface area is 104 Å². The molecule has 0 spiro atoms. The van der Waals surface area contributed by atoms with E-state index < -0.39 is 4.92 Å². The molecule has 1 N–H and O–H groups in total. The van der Waals surface area contributed by atoms with E-state index in [2.05, 4.69) is 15.3 Å². The second-order valence-corrected chi connectivity index (χ2v) is 4.35. The summed E-state index contributed by atoms with van der Waals surface area (Å²) in [7, 11) is 0. The summed E-state index contributed by atoms with van der Waals surface area (Å²) in [5.74, 6) is 1.15. The quantitative estimate of drug-likeness (QED) is 0.665. The van der Waals surface area contributed by atoms with Gasteiger partial charge in [-0.15, -0.1) is 0 Å². The third-order valence-electron chi connectivity index (χ3n) is 2.44. The van der Waals surface area contributed by atoms with Gasteiger partial charge in [-0.3, -0.25) is 10.1 Å². The fraction of sp³-hybridized carbons (Fsp3) is 0.333. The lowest BCUT2D eigenvalue weighted by molar-refractivity contribution is -0.383. The summed E-state index contributed by atoms with van der Waals surface area (Å²) in [4.78, 5) is 19.0. The van der Waals surface area contributed by atoms with Crippen molar-refractivity contribution in [3.05, 3.63) is 34.1 Å². The maximum Gasteiger partial charge on any atom is 0.295 e. The molecule has 0 saturated carbocycles. The zero-order valence-corrected chi connectivity index (χ0v) is 10.5. The van der Waals surface area contributed by atoms with Crippen LogP contribution >= 0.6 is 0 Å². The van der Waals surface area contributed by atoms with Gasteiger partial charge in [0.25, 0.3) is 5.69 Å². The summed E-state index contributed by atoms with van der Waals surface area (Å²) >= 11 is 0. The predicted molar refractivity (Wildman–Crippen MR) is 69.7 cm³/mol. The Morgan fingerprint density at radius 1 is 1.33 bits per heavy atom. The number of nitro benzene ring substituents is 1. The molecule has 6 nitrogen and oxygen atoms in total. The summed E-state index contributed by atoms with van der Waals surface area (Å²) in [6.45, 7) is 5.70. The lowest BCUT2D eigenvalue weighted by atomic mass is 10.2. The molecule has 1 aromatic carbocycles. The number of hydrogen-bond donors (Lipinski definition) is 1. The number of nitro groups is 1. The standard InChI is InChI=1S/C12H14N4O2/c1-7(2)13-12-9-5-4-6-10(16(17)18)11(9)14-8(3)15-12/h4-7H,1-3H3,(H,13,14,15). The van der Waals surface area contributed by atoms with E-state index in [1.54, 1.807) is 19.1 Å². The third-order valence-corrected chi connectivity index (χ3v) is 2.44. The van der Waals surface area contributed by atoms with Gasteiger partial charge in [0.2, 0.25) is 0 Å². The van der Waals surface area contributed by atoms with Crippen molar-refractivity contribution in [3.8, 4) is 0 Å². The zero-order chi connectivity index (χ0) is 13.3. The van der Waals surface area contributed by atoms with Crippen LogP contribution in [-0.2, 0) is 0 Å². The molecule has 1 heterocycles. The van der Waals surface area contributed by atoms with Gasteiger partial charge in [-0.05, 0) is 26.8 Å². The molecule has 18 heavy (non-hydrogen) atoms. The van der Waals surface area contributed by atoms with Crippen LogP contribution in [0.15, 0.2) is 18.2 Å². The Balaban J connectivity index is 2.73. The van der Waals surface area contributed by atoms with Crippen molar-refractivity contribution in [1.29, 1.82) is 0 Å². The van der Waals surface area contributed by atoms with E-state index in [9.17, 15) is 10.1 Å². The molecule has 0 aliphatic heterocycles. The average Bonchev–Trinajstić information content (AvgIpc) is 2.26. The highest BCUT2D eigenvalue weighted by atomic mass is 16.6. The van der Waals surface area contributed by atoms with Crippen LogP contribution in [0.1, 0.15) is 19.7 Å². The van der Waals surface area contributed by atoms with E-state index in [0.29, 0.717) is 22.5 Å². The largest absolute Gasteiger partial charge is 0.367 e. The molecule has 0 saturated heterocycles. The van der Waals surface area contributed by atoms with E-state index in [-0.39, 0.29) is 11.7 Å². The topological polar surface area (TPSA) is 81.0 Å². The minimum absolute atomic E-state index is 0.00445. The fourth-order valence-corrected chi connectivity index (χ4v) is 1.78. The Morgan fingerprint density at radius 2 is 2.06 bits per heavy atom. The van der Waals surface area contributed by atoms with E-state index in [1.165, 1.54) is 6.07 Å². The number of aryl methyl sites for hydroxylation is 1. The van der Waals surface area contributed by atoms with Crippen LogP contribution in [0.25, 0.3) is 10.9 Å². The first-order valence-electron chi connectivity index (χ1n) is 5.67. The van der Waals surface area contributed by atoms with Crippen molar-refractivity contribution in [2.75, 3.05) is 5.32 Å². The van der Waals surface area contributed by atoms with Crippen LogP contribution in [0, 0.1) is 17.0 Å². The zero-order valence-electron chi connectivity index (χ0n) is 10.5. The van der Waals surface area contributed by atoms with Crippen molar-refractivity contribution in [2.24, 2.45) is 0 Å². The van der Waals surface area contributed by atoms with E-state index in [0.717, 1.165) is 0 Å². The van der Waals surface area contributed by atoms with Crippen molar-refractivity contribution >= 4 is 22.4 Å². The van der Waals surface area contributed by atoms with Gasteiger partial charge in [0, 0.05) is 17.5 Å². The normalized spacial score (nSPS) is 10.9. The monoisotopic (exact) mass is 246 g/mol.